The number of methoxy groups -OCH3 is 1. The molecule has 39 heavy (non-hydrogen) atoms. The van der Waals surface area contributed by atoms with Crippen molar-refractivity contribution in [2.24, 2.45) is 4.99 Å². The molecule has 1 aliphatic heterocycles. The van der Waals surface area contributed by atoms with Gasteiger partial charge in [-0.1, -0.05) is 58.0 Å². The van der Waals surface area contributed by atoms with Crippen molar-refractivity contribution < 1.29 is 33.3 Å². The first-order valence-corrected chi connectivity index (χ1v) is 13.3. The van der Waals surface area contributed by atoms with E-state index in [1.165, 1.54) is 19.2 Å². The summed E-state index contributed by atoms with van der Waals surface area (Å²) >= 11 is 4.49. The van der Waals surface area contributed by atoms with Crippen LogP contribution in [0.15, 0.2) is 92.4 Å². The molecule has 4 rings (SSSR count). The third-order valence-electron chi connectivity index (χ3n) is 5.47. The highest BCUT2D eigenvalue weighted by Gasteiger charge is 2.34. The molecule has 0 saturated carbocycles. The molecule has 1 aliphatic rings. The van der Waals surface area contributed by atoms with Crippen LogP contribution in [-0.2, 0) is 16.1 Å². The molecule has 1 heterocycles. The van der Waals surface area contributed by atoms with Gasteiger partial charge in [-0.15, -0.1) is 0 Å². The number of carbonyl (C=O) groups is 2. The minimum atomic E-state index is -0.785. The number of esters is 1. The number of aliphatic imine (C=N–C) groups is 1. The summed E-state index contributed by atoms with van der Waals surface area (Å²) in [5, 5.41) is 11.0. The molecular weight excluding hydrogens is 589 g/mol. The van der Waals surface area contributed by atoms with Crippen LogP contribution in [0.25, 0.3) is 6.08 Å². The Labute approximate surface area is 237 Å². The van der Waals surface area contributed by atoms with Gasteiger partial charge in [0.25, 0.3) is 5.91 Å². The van der Waals surface area contributed by atoms with Gasteiger partial charge in [-0.05, 0) is 60.5 Å². The van der Waals surface area contributed by atoms with Crippen molar-refractivity contribution in [3.63, 3.8) is 0 Å². The monoisotopic (exact) mass is 611 g/mol. The number of carbonyl (C=O) groups excluding carboxylic acids is 2. The van der Waals surface area contributed by atoms with Gasteiger partial charge in [0.2, 0.25) is 0 Å². The maximum Gasteiger partial charge on any atom is 0.344 e. The van der Waals surface area contributed by atoms with Crippen LogP contribution in [0.4, 0.5) is 4.39 Å². The number of hydrogen-bond donors (Lipinski definition) is 1. The van der Waals surface area contributed by atoms with Crippen LogP contribution in [0.3, 0.4) is 0 Å². The van der Waals surface area contributed by atoms with E-state index in [4.69, 9.17) is 14.2 Å². The summed E-state index contributed by atoms with van der Waals surface area (Å²) in [7, 11) is 1.49. The Balaban J connectivity index is 1.65. The summed E-state index contributed by atoms with van der Waals surface area (Å²) in [5.41, 5.74) is 1.55. The zero-order valence-corrected chi connectivity index (χ0v) is 23.3. The second kappa shape index (κ2) is 12.8. The number of benzene rings is 3. The molecule has 3 aromatic rings. The van der Waals surface area contributed by atoms with Gasteiger partial charge in [-0.2, -0.15) is 0 Å². The molecule has 0 unspecified atom stereocenters. The fourth-order valence-electron chi connectivity index (χ4n) is 3.55. The molecule has 0 bridgehead atoms. The Kier molecular flexibility index (Phi) is 9.21. The number of hydrogen-bond acceptors (Lipinski definition) is 7. The van der Waals surface area contributed by atoms with Crippen molar-refractivity contribution >= 4 is 50.7 Å². The number of amides is 1. The number of thioether (sulfide) groups is 1. The predicted octanol–water partition coefficient (Wildman–Crippen LogP) is 6.88. The minimum Gasteiger partial charge on any atom is -0.506 e. The van der Waals surface area contributed by atoms with Gasteiger partial charge in [0.05, 0.1) is 18.6 Å². The SMILES string of the molecule is CCOC(=O)C1=C(O)/C(=C/c2cc(OC)c(OCc3ccc(F)cc3)cc2Br)SC1=NC(=O)c1ccccc1. The molecule has 200 valence electrons. The Morgan fingerprint density at radius 3 is 2.46 bits per heavy atom. The van der Waals surface area contributed by atoms with Gasteiger partial charge in [-0.3, -0.25) is 4.79 Å². The quantitative estimate of drug-likeness (QED) is 0.277. The molecule has 0 spiro atoms. The summed E-state index contributed by atoms with van der Waals surface area (Å²) < 4.78 is 30.3. The number of aliphatic hydroxyl groups is 1. The number of halogens is 2. The molecule has 0 aliphatic carbocycles. The van der Waals surface area contributed by atoms with Crippen molar-refractivity contribution in [2.75, 3.05) is 13.7 Å². The first kappa shape index (κ1) is 28.1. The Hall–Kier alpha value is -3.89. The van der Waals surface area contributed by atoms with Crippen LogP contribution in [0.1, 0.15) is 28.4 Å². The molecule has 10 heteroatoms. The fraction of sp³-hybridized carbons (Fsp3) is 0.138. The average molecular weight is 612 g/mol. The molecule has 0 atom stereocenters. The van der Waals surface area contributed by atoms with Crippen LogP contribution < -0.4 is 9.47 Å². The van der Waals surface area contributed by atoms with Crippen LogP contribution in [0.5, 0.6) is 11.5 Å². The summed E-state index contributed by atoms with van der Waals surface area (Å²) in [6, 6.07) is 17.8. The molecular formula is C29H23BrFNO6S. The van der Waals surface area contributed by atoms with Gasteiger partial charge in [-0.25, -0.2) is 14.2 Å². The average Bonchev–Trinajstić information content (AvgIpc) is 3.24. The van der Waals surface area contributed by atoms with Crippen LogP contribution in [-0.4, -0.2) is 35.7 Å². The Morgan fingerprint density at radius 1 is 1.08 bits per heavy atom. The van der Waals surface area contributed by atoms with E-state index in [1.807, 2.05) is 0 Å². The van der Waals surface area contributed by atoms with E-state index in [1.54, 1.807) is 67.6 Å². The normalized spacial score (nSPS) is 15.1. The zero-order chi connectivity index (χ0) is 27.9. The largest absolute Gasteiger partial charge is 0.506 e. The summed E-state index contributed by atoms with van der Waals surface area (Å²) in [6.07, 6.45) is 1.63. The van der Waals surface area contributed by atoms with Gasteiger partial charge in [0.15, 0.2) is 11.5 Å². The van der Waals surface area contributed by atoms with E-state index in [-0.39, 0.29) is 35.4 Å². The third kappa shape index (κ3) is 6.76. The second-order valence-electron chi connectivity index (χ2n) is 8.08. The summed E-state index contributed by atoms with van der Waals surface area (Å²) in [5.74, 6) is -1.16. The lowest BCUT2D eigenvalue weighted by atomic mass is 10.1. The van der Waals surface area contributed by atoms with Gasteiger partial charge < -0.3 is 19.3 Å². The van der Waals surface area contributed by atoms with Gasteiger partial charge in [0.1, 0.15) is 28.8 Å². The third-order valence-corrected chi connectivity index (χ3v) is 7.18. The standard InChI is InChI=1S/C29H23BrFNO6S/c1-3-37-29(35)25-26(33)24(39-28(25)32-27(34)18-7-5-4-6-8-18)14-19-13-22(36-2)23(15-21(19)30)38-16-17-9-11-20(31)12-10-17/h4-15,33H,3,16H2,1-2H3/b24-14-,32-28?. The van der Waals surface area contributed by atoms with E-state index in [0.29, 0.717) is 32.0 Å². The minimum absolute atomic E-state index is 0.0355. The summed E-state index contributed by atoms with van der Waals surface area (Å²) in [4.78, 5) is 29.8. The van der Waals surface area contributed by atoms with Gasteiger partial charge >= 0.3 is 5.97 Å². The van der Waals surface area contributed by atoms with Crippen LogP contribution in [0, 0.1) is 5.82 Å². The number of aliphatic hydroxyl groups excluding tert-OH is 1. The van der Waals surface area contributed by atoms with E-state index in [9.17, 15) is 19.1 Å². The lowest BCUT2D eigenvalue weighted by molar-refractivity contribution is -0.138. The van der Waals surface area contributed by atoms with E-state index < -0.39 is 11.9 Å². The first-order chi connectivity index (χ1) is 18.8. The Morgan fingerprint density at radius 2 is 1.79 bits per heavy atom. The maximum absolute atomic E-state index is 13.2. The highest BCUT2D eigenvalue weighted by atomic mass is 79.9. The maximum atomic E-state index is 13.2. The van der Waals surface area contributed by atoms with Crippen molar-refractivity contribution in [3.05, 3.63) is 110 Å². The van der Waals surface area contributed by atoms with Crippen LogP contribution in [0.2, 0.25) is 0 Å². The fourth-order valence-corrected chi connectivity index (χ4v) is 4.99. The second-order valence-corrected chi connectivity index (χ2v) is 9.97. The molecule has 0 fully saturated rings. The van der Waals surface area contributed by atoms with Crippen LogP contribution >= 0.6 is 27.7 Å². The molecule has 0 radical (unpaired) electrons. The van der Waals surface area contributed by atoms with E-state index >= 15 is 0 Å². The molecule has 0 saturated heterocycles. The zero-order valence-electron chi connectivity index (χ0n) is 20.9. The lowest BCUT2D eigenvalue weighted by Gasteiger charge is -2.13. The lowest BCUT2D eigenvalue weighted by Crippen LogP contribution is -2.14. The number of rotatable bonds is 8. The molecule has 1 N–H and O–H groups in total. The summed E-state index contributed by atoms with van der Waals surface area (Å²) in [6.45, 7) is 1.92. The van der Waals surface area contributed by atoms with Crippen molar-refractivity contribution in [1.82, 2.24) is 0 Å². The Bertz CT molecular complexity index is 1490. The van der Waals surface area contributed by atoms with E-state index in [0.717, 1.165) is 17.3 Å². The smallest absolute Gasteiger partial charge is 0.344 e. The molecule has 7 nitrogen and oxygen atoms in total. The van der Waals surface area contributed by atoms with E-state index in [2.05, 4.69) is 20.9 Å². The number of ether oxygens (including phenoxy) is 3. The first-order valence-electron chi connectivity index (χ1n) is 11.7. The highest BCUT2D eigenvalue weighted by molar-refractivity contribution is 9.10. The molecule has 3 aromatic carbocycles. The highest BCUT2D eigenvalue weighted by Crippen LogP contribution is 2.42. The topological polar surface area (TPSA) is 94.4 Å². The van der Waals surface area contributed by atoms with Crippen molar-refractivity contribution in [3.8, 4) is 11.5 Å². The predicted molar refractivity (Wildman–Crippen MR) is 151 cm³/mol. The van der Waals surface area contributed by atoms with Crippen molar-refractivity contribution in [1.29, 1.82) is 0 Å². The number of nitrogens with zero attached hydrogens (tertiary/aromatic N) is 1. The van der Waals surface area contributed by atoms with Gasteiger partial charge in [0, 0.05) is 10.0 Å². The molecule has 0 aromatic heterocycles. The van der Waals surface area contributed by atoms with Crippen molar-refractivity contribution in [2.45, 2.75) is 13.5 Å². The molecule has 1 amide bonds.